The lowest BCUT2D eigenvalue weighted by molar-refractivity contribution is 0.609. The summed E-state index contributed by atoms with van der Waals surface area (Å²) in [6.07, 6.45) is 2.92. The molecule has 2 heterocycles. The van der Waals surface area contributed by atoms with Crippen LogP contribution in [0.25, 0.3) is 21.5 Å². The van der Waals surface area contributed by atoms with E-state index < -0.39 is 14.6 Å². The summed E-state index contributed by atoms with van der Waals surface area (Å²) in [4.78, 5) is 17.7. The van der Waals surface area contributed by atoms with Crippen LogP contribution >= 0.6 is 45.5 Å². The molecule has 4 rings (SSSR count). The van der Waals surface area contributed by atoms with Crippen LogP contribution in [0.2, 0.25) is 15.2 Å². The number of aryl methyl sites for hydroxylation is 1. The van der Waals surface area contributed by atoms with Crippen LogP contribution in [0.3, 0.4) is 0 Å². The molecule has 0 spiro atoms. The SMILES string of the molecule is Cc1ccc2c(Cl)cnc(Cl)c2c1.O=c1[nH]cc(Cl)c2ccc(S(=O)(=O)Cl)cc12. The van der Waals surface area contributed by atoms with E-state index in [0.717, 1.165) is 16.3 Å². The number of rotatable bonds is 1. The molecular weight excluding hydrogens is 478 g/mol. The van der Waals surface area contributed by atoms with Crippen molar-refractivity contribution in [2.24, 2.45) is 0 Å². The zero-order valence-electron chi connectivity index (χ0n) is 14.7. The Kier molecular flexibility index (Phi) is 6.41. The van der Waals surface area contributed by atoms with Crippen molar-refractivity contribution in [2.45, 2.75) is 11.8 Å². The molecule has 1 N–H and O–H groups in total. The highest BCUT2D eigenvalue weighted by atomic mass is 35.7. The number of aromatic amines is 1. The third-order valence-electron chi connectivity index (χ3n) is 4.05. The zero-order valence-corrected chi connectivity index (χ0v) is 18.6. The lowest BCUT2D eigenvalue weighted by Crippen LogP contribution is -2.06. The van der Waals surface area contributed by atoms with Gasteiger partial charge in [0, 0.05) is 44.6 Å². The minimum Gasteiger partial charge on any atom is -0.327 e. The minimum atomic E-state index is -3.85. The fraction of sp³-hybridized carbons (Fsp3) is 0.0526. The number of pyridine rings is 2. The molecule has 0 saturated carbocycles. The van der Waals surface area contributed by atoms with Crippen molar-refractivity contribution in [2.75, 3.05) is 0 Å². The van der Waals surface area contributed by atoms with Crippen LogP contribution in [0.5, 0.6) is 0 Å². The van der Waals surface area contributed by atoms with Gasteiger partial charge in [0.25, 0.3) is 14.6 Å². The smallest absolute Gasteiger partial charge is 0.261 e. The molecule has 4 aromatic rings. The summed E-state index contributed by atoms with van der Waals surface area (Å²) < 4.78 is 22.2. The Morgan fingerprint density at radius 1 is 0.897 bits per heavy atom. The molecule has 0 aliphatic heterocycles. The highest BCUT2D eigenvalue weighted by Gasteiger charge is 2.12. The average Bonchev–Trinajstić information content (AvgIpc) is 2.67. The van der Waals surface area contributed by atoms with E-state index in [1.807, 2.05) is 25.1 Å². The van der Waals surface area contributed by atoms with E-state index in [9.17, 15) is 13.2 Å². The lowest BCUT2D eigenvalue weighted by atomic mass is 10.1. The Bertz CT molecular complexity index is 1400. The summed E-state index contributed by atoms with van der Waals surface area (Å²) in [5.41, 5.74) is 0.736. The van der Waals surface area contributed by atoms with Crippen LogP contribution < -0.4 is 5.56 Å². The number of hydrogen-bond acceptors (Lipinski definition) is 4. The molecule has 0 unspecified atom stereocenters. The number of benzene rings is 2. The molecule has 10 heteroatoms. The summed E-state index contributed by atoms with van der Waals surface area (Å²) >= 11 is 17.7. The molecule has 0 amide bonds. The Morgan fingerprint density at radius 2 is 1.55 bits per heavy atom. The quantitative estimate of drug-likeness (QED) is 0.264. The van der Waals surface area contributed by atoms with Crippen LogP contribution in [-0.4, -0.2) is 18.4 Å². The first-order chi connectivity index (χ1) is 13.6. The van der Waals surface area contributed by atoms with Gasteiger partial charge in [-0.3, -0.25) is 4.79 Å². The normalized spacial score (nSPS) is 11.3. The maximum Gasteiger partial charge on any atom is 0.261 e. The van der Waals surface area contributed by atoms with Crippen LogP contribution in [-0.2, 0) is 9.05 Å². The second-order valence-corrected chi connectivity index (χ2v) is 9.80. The summed E-state index contributed by atoms with van der Waals surface area (Å²) in [6.45, 7) is 2.01. The van der Waals surface area contributed by atoms with Crippen molar-refractivity contribution in [3.63, 3.8) is 0 Å². The monoisotopic (exact) mass is 488 g/mol. The van der Waals surface area contributed by atoms with E-state index >= 15 is 0 Å². The van der Waals surface area contributed by atoms with Crippen LogP contribution in [0.15, 0.2) is 58.5 Å². The predicted molar refractivity (Wildman–Crippen MR) is 119 cm³/mol. The van der Waals surface area contributed by atoms with Crippen molar-refractivity contribution >= 4 is 76.1 Å². The number of nitrogens with zero attached hydrogens (tertiary/aromatic N) is 1. The predicted octanol–water partition coefficient (Wildman–Crippen LogP) is 5.96. The Hall–Kier alpha value is -1.83. The Morgan fingerprint density at radius 3 is 2.24 bits per heavy atom. The van der Waals surface area contributed by atoms with Crippen LogP contribution in [0.4, 0.5) is 0 Å². The first-order valence-corrected chi connectivity index (χ1v) is 11.5. The van der Waals surface area contributed by atoms with E-state index in [1.165, 1.54) is 24.4 Å². The molecule has 0 aliphatic rings. The van der Waals surface area contributed by atoms with Crippen molar-refractivity contribution in [1.82, 2.24) is 9.97 Å². The van der Waals surface area contributed by atoms with Gasteiger partial charge >= 0.3 is 0 Å². The van der Waals surface area contributed by atoms with E-state index in [1.54, 1.807) is 6.20 Å². The summed E-state index contributed by atoms with van der Waals surface area (Å²) in [5, 5.41) is 4.01. The zero-order chi connectivity index (χ0) is 21.3. The Balaban J connectivity index is 0.000000169. The van der Waals surface area contributed by atoms with Gasteiger partial charge in [0.1, 0.15) is 5.15 Å². The van der Waals surface area contributed by atoms with E-state index in [2.05, 4.69) is 9.97 Å². The number of hydrogen-bond donors (Lipinski definition) is 1. The fourth-order valence-corrected chi connectivity index (χ4v) is 4.06. The van der Waals surface area contributed by atoms with Gasteiger partial charge in [-0.15, -0.1) is 0 Å². The largest absolute Gasteiger partial charge is 0.327 e. The lowest BCUT2D eigenvalue weighted by Gasteiger charge is -2.02. The van der Waals surface area contributed by atoms with E-state index in [-0.39, 0.29) is 10.3 Å². The average molecular weight is 490 g/mol. The molecule has 0 atom stereocenters. The van der Waals surface area contributed by atoms with Crippen molar-refractivity contribution in [3.05, 3.63) is 79.9 Å². The van der Waals surface area contributed by atoms with Gasteiger partial charge in [-0.25, -0.2) is 13.4 Å². The fourth-order valence-electron chi connectivity index (χ4n) is 2.65. The molecular formula is C19H12Cl4N2O3S. The van der Waals surface area contributed by atoms with Crippen molar-refractivity contribution in [1.29, 1.82) is 0 Å². The van der Waals surface area contributed by atoms with Crippen LogP contribution in [0.1, 0.15) is 5.56 Å². The molecule has 0 saturated heterocycles. The van der Waals surface area contributed by atoms with Gasteiger partial charge in [-0.05, 0) is 25.1 Å². The second kappa shape index (κ2) is 8.50. The van der Waals surface area contributed by atoms with Crippen molar-refractivity contribution < 1.29 is 8.42 Å². The summed E-state index contributed by atoms with van der Waals surface area (Å²) in [5.74, 6) is 0. The highest BCUT2D eigenvalue weighted by molar-refractivity contribution is 8.13. The molecule has 29 heavy (non-hydrogen) atoms. The van der Waals surface area contributed by atoms with Gasteiger partial charge in [-0.2, -0.15) is 0 Å². The van der Waals surface area contributed by atoms with Gasteiger partial charge in [0.05, 0.1) is 14.9 Å². The molecule has 150 valence electrons. The molecule has 0 bridgehead atoms. The number of fused-ring (bicyclic) bond motifs is 2. The topological polar surface area (TPSA) is 79.9 Å². The van der Waals surface area contributed by atoms with Gasteiger partial charge in [0.2, 0.25) is 0 Å². The highest BCUT2D eigenvalue weighted by Crippen LogP contribution is 2.28. The van der Waals surface area contributed by atoms with E-state index in [0.29, 0.717) is 20.6 Å². The molecule has 0 fully saturated rings. The molecule has 5 nitrogen and oxygen atoms in total. The maximum absolute atomic E-state index is 11.5. The minimum absolute atomic E-state index is 0.130. The number of aromatic nitrogens is 2. The molecule has 2 aromatic heterocycles. The number of halogens is 4. The third-order valence-corrected chi connectivity index (χ3v) is 6.32. The summed E-state index contributed by atoms with van der Waals surface area (Å²) in [6, 6.07) is 9.89. The standard InChI is InChI=1S/C10H7Cl2N.C9H5Cl2NO3S/c1-6-2-3-7-8(4-6)10(12)13-5-9(7)11;10-8-4-12-9(13)7-3-5(16(11,14)15)1-2-6(7)8/h2-5H,1H3;1-4H,(H,12,13). The third kappa shape index (κ3) is 4.85. The number of H-pyrrole nitrogens is 1. The molecule has 0 aliphatic carbocycles. The maximum atomic E-state index is 11.5. The van der Waals surface area contributed by atoms with Gasteiger partial charge < -0.3 is 4.98 Å². The van der Waals surface area contributed by atoms with Gasteiger partial charge in [-0.1, -0.05) is 58.6 Å². The summed E-state index contributed by atoms with van der Waals surface area (Å²) in [7, 11) is 1.33. The number of nitrogens with one attached hydrogen (secondary N) is 1. The Labute approximate surface area is 185 Å². The van der Waals surface area contributed by atoms with E-state index in [4.69, 9.17) is 45.5 Å². The van der Waals surface area contributed by atoms with Gasteiger partial charge in [0.15, 0.2) is 0 Å². The van der Waals surface area contributed by atoms with Crippen molar-refractivity contribution in [3.8, 4) is 0 Å². The first kappa shape index (κ1) is 21.9. The molecule has 2 aromatic carbocycles. The van der Waals surface area contributed by atoms with Crippen LogP contribution in [0, 0.1) is 6.92 Å². The molecule has 0 radical (unpaired) electrons. The first-order valence-electron chi connectivity index (χ1n) is 8.04. The second-order valence-electron chi connectivity index (χ2n) is 6.06.